The van der Waals surface area contributed by atoms with Gasteiger partial charge in [-0.15, -0.1) is 0 Å². The van der Waals surface area contributed by atoms with Gasteiger partial charge in [0.2, 0.25) is 5.88 Å². The molecule has 0 aliphatic carbocycles. The Labute approximate surface area is 92.3 Å². The fraction of sp³-hybridized carbons (Fsp3) is 0.556. The minimum absolute atomic E-state index is 0.0256. The van der Waals surface area contributed by atoms with Crippen molar-refractivity contribution >= 4 is 17.7 Å². The number of methoxy groups -OCH3 is 1. The summed E-state index contributed by atoms with van der Waals surface area (Å²) in [4.78, 5) is 13.4. The first-order valence-electron chi connectivity index (χ1n) is 4.97. The normalized spacial score (nSPS) is 20.1. The Balaban J connectivity index is 2.31. The molecule has 1 fully saturated rings. The number of carbonyl (C=O) groups is 1. The lowest BCUT2D eigenvalue weighted by molar-refractivity contribution is 0.0602. The molecule has 1 saturated heterocycles. The number of esters is 1. The van der Waals surface area contributed by atoms with E-state index in [4.69, 9.17) is 16.0 Å². The number of nitrogens with zero attached hydrogens (tertiary/aromatic N) is 2. The Morgan fingerprint density at radius 2 is 2.44 bits per heavy atom. The minimum atomic E-state index is -0.547. The lowest BCUT2D eigenvalue weighted by Gasteiger charge is -2.14. The molecule has 0 amide bonds. The van der Waals surface area contributed by atoms with E-state index in [-0.39, 0.29) is 17.5 Å². The molecule has 1 aliphatic rings. The molecule has 1 atom stereocenters. The molecule has 7 nitrogen and oxygen atoms in total. The predicted molar refractivity (Wildman–Crippen MR) is 57.1 cm³/mol. The molecule has 1 aromatic rings. The number of ether oxygens (including phenoxy) is 1. The fourth-order valence-corrected chi connectivity index (χ4v) is 1.78. The minimum Gasteiger partial charge on any atom is -0.465 e. The van der Waals surface area contributed by atoms with Crippen LogP contribution in [0.1, 0.15) is 16.8 Å². The van der Waals surface area contributed by atoms with Crippen LogP contribution in [0.3, 0.4) is 0 Å². The Bertz CT molecular complexity index is 403. The molecule has 7 heteroatoms. The first-order valence-corrected chi connectivity index (χ1v) is 4.97. The molecule has 0 saturated carbocycles. The van der Waals surface area contributed by atoms with Crippen molar-refractivity contribution in [3.63, 3.8) is 0 Å². The van der Waals surface area contributed by atoms with Crippen LogP contribution in [0.5, 0.6) is 0 Å². The summed E-state index contributed by atoms with van der Waals surface area (Å²) in [5.41, 5.74) is 11.5. The number of aromatic nitrogens is 1. The zero-order chi connectivity index (χ0) is 11.7. The van der Waals surface area contributed by atoms with Crippen LogP contribution in [0, 0.1) is 0 Å². The van der Waals surface area contributed by atoms with Crippen molar-refractivity contribution in [3.05, 3.63) is 5.56 Å². The molecule has 2 rings (SSSR count). The van der Waals surface area contributed by atoms with Crippen molar-refractivity contribution in [1.29, 1.82) is 0 Å². The van der Waals surface area contributed by atoms with Crippen molar-refractivity contribution in [3.8, 4) is 0 Å². The number of rotatable bonds is 2. The summed E-state index contributed by atoms with van der Waals surface area (Å²) in [6.45, 7) is 1.37. The maximum absolute atomic E-state index is 11.5. The van der Waals surface area contributed by atoms with Gasteiger partial charge in [-0.25, -0.2) is 4.79 Å². The number of nitrogens with two attached hydrogens (primary N) is 2. The van der Waals surface area contributed by atoms with E-state index in [1.165, 1.54) is 7.11 Å². The van der Waals surface area contributed by atoms with E-state index in [0.29, 0.717) is 12.4 Å². The lowest BCUT2D eigenvalue weighted by atomic mass is 10.3. The van der Waals surface area contributed by atoms with Crippen LogP contribution in [-0.2, 0) is 4.74 Å². The van der Waals surface area contributed by atoms with E-state index in [1.807, 2.05) is 4.90 Å². The Hall–Kier alpha value is -1.76. The van der Waals surface area contributed by atoms with Crippen LogP contribution >= 0.6 is 0 Å². The molecular formula is C9H14N4O3. The highest BCUT2D eigenvalue weighted by molar-refractivity contribution is 5.99. The third kappa shape index (κ3) is 1.69. The summed E-state index contributed by atoms with van der Waals surface area (Å²) >= 11 is 0. The van der Waals surface area contributed by atoms with Gasteiger partial charge in [-0.1, -0.05) is 5.16 Å². The summed E-state index contributed by atoms with van der Waals surface area (Å²) in [6.07, 6.45) is 0.855. The molecule has 2 heterocycles. The third-order valence-electron chi connectivity index (χ3n) is 2.61. The van der Waals surface area contributed by atoms with E-state index >= 15 is 0 Å². The van der Waals surface area contributed by atoms with Gasteiger partial charge in [0, 0.05) is 19.1 Å². The van der Waals surface area contributed by atoms with Gasteiger partial charge in [0.05, 0.1) is 7.11 Å². The Morgan fingerprint density at radius 1 is 1.69 bits per heavy atom. The van der Waals surface area contributed by atoms with E-state index in [1.54, 1.807) is 0 Å². The Morgan fingerprint density at radius 3 is 3.00 bits per heavy atom. The molecule has 4 N–H and O–H groups in total. The molecule has 0 radical (unpaired) electrons. The molecule has 16 heavy (non-hydrogen) atoms. The first kappa shape index (κ1) is 10.7. The van der Waals surface area contributed by atoms with Gasteiger partial charge < -0.3 is 25.6 Å². The highest BCUT2D eigenvalue weighted by Gasteiger charge is 2.29. The van der Waals surface area contributed by atoms with Crippen molar-refractivity contribution < 1.29 is 14.1 Å². The van der Waals surface area contributed by atoms with Gasteiger partial charge >= 0.3 is 5.97 Å². The average Bonchev–Trinajstić information content (AvgIpc) is 2.83. The largest absolute Gasteiger partial charge is 0.465 e. The van der Waals surface area contributed by atoms with Crippen LogP contribution in [0.4, 0.5) is 11.7 Å². The SMILES string of the molecule is COC(=O)c1c(N2CCC(N)C2)noc1N. The molecular weight excluding hydrogens is 212 g/mol. The number of hydrogen-bond acceptors (Lipinski definition) is 7. The smallest absolute Gasteiger partial charge is 0.347 e. The molecule has 0 aromatic carbocycles. The first-order chi connectivity index (χ1) is 7.63. The number of anilines is 2. The molecule has 1 aliphatic heterocycles. The number of hydrogen-bond donors (Lipinski definition) is 2. The highest BCUT2D eigenvalue weighted by Crippen LogP contribution is 2.28. The maximum atomic E-state index is 11.5. The summed E-state index contributed by atoms with van der Waals surface area (Å²) < 4.78 is 9.44. The van der Waals surface area contributed by atoms with Gasteiger partial charge in [-0.3, -0.25) is 0 Å². The second-order valence-electron chi connectivity index (χ2n) is 3.73. The summed E-state index contributed by atoms with van der Waals surface area (Å²) in [5.74, 6) is -0.158. The maximum Gasteiger partial charge on any atom is 0.347 e. The summed E-state index contributed by atoms with van der Waals surface area (Å²) in [5, 5.41) is 3.77. The van der Waals surface area contributed by atoms with Gasteiger partial charge in [0.15, 0.2) is 11.4 Å². The summed E-state index contributed by atoms with van der Waals surface area (Å²) in [6, 6.07) is 0.0865. The quantitative estimate of drug-likeness (QED) is 0.659. The van der Waals surface area contributed by atoms with Crippen LogP contribution in [0.2, 0.25) is 0 Å². The zero-order valence-corrected chi connectivity index (χ0v) is 8.97. The highest BCUT2D eigenvalue weighted by atomic mass is 16.5. The van der Waals surface area contributed by atoms with Crippen LogP contribution in [-0.4, -0.2) is 37.4 Å². The van der Waals surface area contributed by atoms with Crippen LogP contribution in [0.25, 0.3) is 0 Å². The van der Waals surface area contributed by atoms with Gasteiger partial charge in [0.1, 0.15) is 0 Å². The second kappa shape index (κ2) is 4.01. The molecule has 1 unspecified atom stereocenters. The van der Waals surface area contributed by atoms with Crippen LogP contribution < -0.4 is 16.4 Å². The van der Waals surface area contributed by atoms with Crippen molar-refractivity contribution in [1.82, 2.24) is 5.16 Å². The zero-order valence-electron chi connectivity index (χ0n) is 8.97. The predicted octanol–water partition coefficient (Wildman–Crippen LogP) is -0.419. The molecule has 1 aromatic heterocycles. The number of carbonyl (C=O) groups excluding carboxylic acids is 1. The number of nitrogen functional groups attached to an aromatic ring is 1. The van der Waals surface area contributed by atoms with Crippen LogP contribution in [0.15, 0.2) is 4.52 Å². The topological polar surface area (TPSA) is 108 Å². The monoisotopic (exact) mass is 226 g/mol. The standard InChI is InChI=1S/C9H14N4O3/c1-15-9(14)6-7(11)16-12-8(6)13-3-2-5(10)4-13/h5H,2-4,10-11H2,1H3. The van der Waals surface area contributed by atoms with Crippen molar-refractivity contribution in [2.75, 3.05) is 30.8 Å². The third-order valence-corrected chi connectivity index (χ3v) is 2.61. The van der Waals surface area contributed by atoms with Crippen molar-refractivity contribution in [2.45, 2.75) is 12.5 Å². The lowest BCUT2D eigenvalue weighted by Crippen LogP contribution is -2.27. The van der Waals surface area contributed by atoms with E-state index < -0.39 is 5.97 Å². The van der Waals surface area contributed by atoms with Gasteiger partial charge in [-0.05, 0) is 6.42 Å². The van der Waals surface area contributed by atoms with Gasteiger partial charge in [-0.2, -0.15) is 0 Å². The van der Waals surface area contributed by atoms with Gasteiger partial charge in [0.25, 0.3) is 0 Å². The van der Waals surface area contributed by atoms with E-state index in [0.717, 1.165) is 13.0 Å². The molecule has 0 spiro atoms. The Kier molecular flexibility index (Phi) is 2.69. The van der Waals surface area contributed by atoms with E-state index in [9.17, 15) is 4.79 Å². The van der Waals surface area contributed by atoms with E-state index in [2.05, 4.69) is 9.89 Å². The molecule has 0 bridgehead atoms. The fourth-order valence-electron chi connectivity index (χ4n) is 1.78. The average molecular weight is 226 g/mol. The second-order valence-corrected chi connectivity index (χ2v) is 3.73. The summed E-state index contributed by atoms with van der Waals surface area (Å²) in [7, 11) is 1.29. The molecule has 88 valence electrons. The van der Waals surface area contributed by atoms with Crippen molar-refractivity contribution in [2.24, 2.45) is 5.73 Å².